The van der Waals surface area contributed by atoms with E-state index in [0.717, 1.165) is 0 Å². The monoisotopic (exact) mass is 350 g/mol. The van der Waals surface area contributed by atoms with Gasteiger partial charge in [-0.3, -0.25) is 25.2 Å². The number of amides is 2. The molecule has 2 aromatic heterocycles. The zero-order valence-electron chi connectivity index (χ0n) is 13.7. The summed E-state index contributed by atoms with van der Waals surface area (Å²) in [6.07, 6.45) is 0. The van der Waals surface area contributed by atoms with Gasteiger partial charge >= 0.3 is 0 Å². The number of nitriles is 1. The van der Waals surface area contributed by atoms with Gasteiger partial charge in [-0.15, -0.1) is 0 Å². The van der Waals surface area contributed by atoms with Crippen LogP contribution in [0.3, 0.4) is 0 Å². The Balaban J connectivity index is 1.86. The fourth-order valence-corrected chi connectivity index (χ4v) is 2.45. The lowest BCUT2D eigenvalue weighted by Gasteiger charge is -2.10. The first-order chi connectivity index (χ1) is 12.5. The third-order valence-electron chi connectivity index (χ3n) is 3.72. The smallest absolute Gasteiger partial charge is 0.290 e. The van der Waals surface area contributed by atoms with Crippen molar-refractivity contribution in [3.63, 3.8) is 0 Å². The Kier molecular flexibility index (Phi) is 4.49. The maximum Gasteiger partial charge on any atom is 0.290 e. The molecule has 0 atom stereocenters. The van der Waals surface area contributed by atoms with Crippen LogP contribution >= 0.6 is 0 Å². The average molecular weight is 350 g/mol. The lowest BCUT2D eigenvalue weighted by atomic mass is 10.1. The van der Waals surface area contributed by atoms with Gasteiger partial charge in [-0.05, 0) is 25.1 Å². The first kappa shape index (κ1) is 16.9. The van der Waals surface area contributed by atoms with E-state index in [9.17, 15) is 14.4 Å². The Bertz CT molecular complexity index is 1110. The van der Waals surface area contributed by atoms with Crippen molar-refractivity contribution in [2.45, 2.75) is 13.5 Å². The van der Waals surface area contributed by atoms with Gasteiger partial charge in [0.2, 0.25) is 0 Å². The molecule has 130 valence electrons. The summed E-state index contributed by atoms with van der Waals surface area (Å²) in [5.41, 5.74) is 4.59. The number of aryl methyl sites for hydroxylation is 1. The minimum absolute atomic E-state index is 0.0200. The van der Waals surface area contributed by atoms with Gasteiger partial charge in [-0.25, -0.2) is 4.68 Å². The Morgan fingerprint density at radius 1 is 1.15 bits per heavy atom. The molecule has 2 heterocycles. The second-order valence-corrected chi connectivity index (χ2v) is 5.32. The number of carbonyl (C=O) groups is 2. The first-order valence-electron chi connectivity index (χ1n) is 7.74. The van der Waals surface area contributed by atoms with Gasteiger partial charge in [0, 0.05) is 11.9 Å². The second kappa shape index (κ2) is 6.90. The van der Waals surface area contributed by atoms with Gasteiger partial charge in [0.25, 0.3) is 17.4 Å². The molecule has 26 heavy (non-hydrogen) atoms. The lowest BCUT2D eigenvalue weighted by molar-refractivity contribution is 0.0841. The van der Waals surface area contributed by atoms with Crippen molar-refractivity contribution in [3.05, 3.63) is 63.8 Å². The molecule has 0 spiro atoms. The average Bonchev–Trinajstić information content (AvgIpc) is 3.16. The minimum atomic E-state index is -0.663. The highest BCUT2D eigenvalue weighted by molar-refractivity contribution is 6.05. The number of aromatic amines is 1. The predicted octanol–water partition coefficient (Wildman–Crippen LogP) is 0.691. The maximum atomic E-state index is 12.5. The summed E-state index contributed by atoms with van der Waals surface area (Å²) < 4.78 is 1.18. The van der Waals surface area contributed by atoms with Crippen molar-refractivity contribution in [3.8, 4) is 6.07 Å². The summed E-state index contributed by atoms with van der Waals surface area (Å²) in [5.74, 6) is -1.28. The number of nitrogens with one attached hydrogen (secondary N) is 3. The van der Waals surface area contributed by atoms with Crippen LogP contribution in [0.15, 0.2) is 41.2 Å². The number of fused-ring (bicyclic) bond motifs is 1. The largest absolute Gasteiger partial charge is 0.342 e. The summed E-state index contributed by atoms with van der Waals surface area (Å²) in [5, 5.41) is 13.6. The zero-order chi connectivity index (χ0) is 18.7. The van der Waals surface area contributed by atoms with Gasteiger partial charge in [0.1, 0.15) is 17.5 Å². The van der Waals surface area contributed by atoms with Crippen LogP contribution in [0.25, 0.3) is 10.8 Å². The fourth-order valence-electron chi connectivity index (χ4n) is 2.45. The second-order valence-electron chi connectivity index (χ2n) is 5.32. The van der Waals surface area contributed by atoms with E-state index in [2.05, 4.69) is 20.9 Å². The first-order valence-corrected chi connectivity index (χ1v) is 7.74. The third-order valence-corrected chi connectivity index (χ3v) is 3.72. The van der Waals surface area contributed by atoms with E-state index < -0.39 is 11.8 Å². The number of hydrogen-bond acceptors (Lipinski definition) is 5. The number of rotatable bonds is 3. The minimum Gasteiger partial charge on any atom is -0.342 e. The van der Waals surface area contributed by atoms with Crippen LogP contribution in [0.4, 0.5) is 0 Å². The maximum absolute atomic E-state index is 12.5. The lowest BCUT2D eigenvalue weighted by Crippen LogP contribution is -2.43. The molecule has 0 saturated carbocycles. The summed E-state index contributed by atoms with van der Waals surface area (Å²) in [7, 11) is 0. The summed E-state index contributed by atoms with van der Waals surface area (Å²) in [4.78, 5) is 39.4. The van der Waals surface area contributed by atoms with Crippen molar-refractivity contribution in [2.24, 2.45) is 0 Å². The molecule has 3 N–H and O–H groups in total. The molecule has 0 fully saturated rings. The molecule has 0 unspecified atom stereocenters. The highest BCUT2D eigenvalue weighted by Crippen LogP contribution is 2.13. The molecule has 3 aromatic rings. The van der Waals surface area contributed by atoms with E-state index in [1.165, 1.54) is 16.8 Å². The molecular formula is C17H14N6O3. The van der Waals surface area contributed by atoms with Crippen LogP contribution in [0.2, 0.25) is 0 Å². The van der Waals surface area contributed by atoms with Crippen LogP contribution in [0, 0.1) is 11.3 Å². The number of nitrogens with zero attached hydrogens (tertiary/aromatic N) is 3. The molecule has 0 bridgehead atoms. The predicted molar refractivity (Wildman–Crippen MR) is 92.1 cm³/mol. The van der Waals surface area contributed by atoms with Crippen LogP contribution in [0.1, 0.15) is 33.6 Å². The fraction of sp³-hybridized carbons (Fsp3) is 0.118. The molecular weight excluding hydrogens is 336 g/mol. The van der Waals surface area contributed by atoms with Crippen LogP contribution < -0.4 is 16.4 Å². The molecule has 0 aliphatic heterocycles. The number of hydrazine groups is 1. The van der Waals surface area contributed by atoms with Gasteiger partial charge in [0.15, 0.2) is 5.69 Å². The van der Waals surface area contributed by atoms with E-state index in [-0.39, 0.29) is 22.6 Å². The van der Waals surface area contributed by atoms with Crippen LogP contribution in [-0.2, 0) is 6.54 Å². The molecule has 0 radical (unpaired) electrons. The Morgan fingerprint density at radius 3 is 2.50 bits per heavy atom. The van der Waals surface area contributed by atoms with E-state index in [1.807, 2.05) is 6.07 Å². The van der Waals surface area contributed by atoms with Crippen molar-refractivity contribution in [2.75, 3.05) is 0 Å². The Labute approximate surface area is 147 Å². The number of H-pyrrole nitrogens is 1. The molecule has 9 heteroatoms. The Hall–Kier alpha value is -3.93. The molecule has 0 saturated heterocycles. The number of benzene rings is 1. The Morgan fingerprint density at radius 2 is 1.85 bits per heavy atom. The van der Waals surface area contributed by atoms with Gasteiger partial charge < -0.3 is 4.98 Å². The summed E-state index contributed by atoms with van der Waals surface area (Å²) in [6.45, 7) is 2.04. The van der Waals surface area contributed by atoms with Crippen molar-refractivity contribution >= 4 is 22.6 Å². The van der Waals surface area contributed by atoms with Crippen LogP contribution in [0.5, 0.6) is 0 Å². The number of carbonyl (C=O) groups excluding carboxylic acids is 2. The summed E-state index contributed by atoms with van der Waals surface area (Å²) in [6, 6.07) is 11.4. The summed E-state index contributed by atoms with van der Waals surface area (Å²) >= 11 is 0. The standard InChI is InChI=1S/C17H14N6O3/c1-2-23-17(26)12-6-4-3-5-11(12)14(22-23)16(25)21-20-15(24)13-8-7-10(9-18)19-13/h3-8,19H,2H2,1H3,(H,20,24)(H,21,25). The zero-order valence-corrected chi connectivity index (χ0v) is 13.7. The van der Waals surface area contributed by atoms with Gasteiger partial charge in [0.05, 0.1) is 5.39 Å². The van der Waals surface area contributed by atoms with Crippen molar-refractivity contribution < 1.29 is 9.59 Å². The molecule has 0 aliphatic carbocycles. The van der Waals surface area contributed by atoms with E-state index in [0.29, 0.717) is 17.3 Å². The molecule has 2 amide bonds. The highest BCUT2D eigenvalue weighted by atomic mass is 16.2. The van der Waals surface area contributed by atoms with Crippen molar-refractivity contribution in [1.82, 2.24) is 25.6 Å². The molecule has 9 nitrogen and oxygen atoms in total. The SMILES string of the molecule is CCn1nc(C(=O)NNC(=O)c2ccc(C#N)[nH]2)c2ccccc2c1=O. The molecule has 0 aliphatic rings. The topological polar surface area (TPSA) is 133 Å². The van der Waals surface area contributed by atoms with Gasteiger partial charge in [-0.1, -0.05) is 18.2 Å². The van der Waals surface area contributed by atoms with E-state index in [1.54, 1.807) is 31.2 Å². The van der Waals surface area contributed by atoms with E-state index in [4.69, 9.17) is 5.26 Å². The van der Waals surface area contributed by atoms with Crippen LogP contribution in [-0.4, -0.2) is 26.6 Å². The van der Waals surface area contributed by atoms with Crippen molar-refractivity contribution in [1.29, 1.82) is 5.26 Å². The van der Waals surface area contributed by atoms with E-state index >= 15 is 0 Å². The number of hydrogen-bond donors (Lipinski definition) is 3. The molecule has 3 rings (SSSR count). The quantitative estimate of drug-likeness (QED) is 0.598. The molecule has 1 aromatic carbocycles. The third kappa shape index (κ3) is 3.03. The van der Waals surface area contributed by atoms with Gasteiger partial charge in [-0.2, -0.15) is 10.4 Å². The normalized spacial score (nSPS) is 10.3. The number of aromatic nitrogens is 3. The highest BCUT2D eigenvalue weighted by Gasteiger charge is 2.17.